The van der Waals surface area contributed by atoms with Gasteiger partial charge in [-0.3, -0.25) is 4.79 Å². The SMILES string of the molecule is C=C1C(=O)O[C@@H]2[C@H]1CC[C@H](COC(=O)C=C(C)C)[C@]1(O)CCC(=O)[C@@]21C. The second-order valence-corrected chi connectivity index (χ2v) is 8.13. The highest BCUT2D eigenvalue weighted by Gasteiger charge is 2.69. The van der Waals surface area contributed by atoms with Crippen LogP contribution in [-0.4, -0.2) is 41.1 Å². The van der Waals surface area contributed by atoms with E-state index in [-0.39, 0.29) is 31.1 Å². The molecule has 2 aliphatic carbocycles. The zero-order valence-corrected chi connectivity index (χ0v) is 15.5. The summed E-state index contributed by atoms with van der Waals surface area (Å²) in [6, 6.07) is 0. The molecule has 0 spiro atoms. The quantitative estimate of drug-likeness (QED) is 0.611. The number of esters is 2. The van der Waals surface area contributed by atoms with Crippen LogP contribution in [0.1, 0.15) is 46.5 Å². The number of hydrogen-bond donors (Lipinski definition) is 1. The Labute approximate surface area is 153 Å². The van der Waals surface area contributed by atoms with Crippen LogP contribution in [-0.2, 0) is 23.9 Å². The number of Topliss-reactive ketones (excluding diaryl/α,β-unsaturated/α-hetero) is 1. The maximum atomic E-state index is 12.8. The summed E-state index contributed by atoms with van der Waals surface area (Å²) in [6.45, 7) is 9.14. The Morgan fingerprint density at radius 3 is 2.73 bits per heavy atom. The lowest BCUT2D eigenvalue weighted by molar-refractivity contribution is -0.177. The van der Waals surface area contributed by atoms with Crippen molar-refractivity contribution >= 4 is 17.7 Å². The van der Waals surface area contributed by atoms with Crippen molar-refractivity contribution in [3.8, 4) is 0 Å². The van der Waals surface area contributed by atoms with Crippen LogP contribution >= 0.6 is 0 Å². The minimum atomic E-state index is -1.38. The van der Waals surface area contributed by atoms with E-state index in [4.69, 9.17) is 9.47 Å². The monoisotopic (exact) mass is 362 g/mol. The Kier molecular flexibility index (Phi) is 4.59. The van der Waals surface area contributed by atoms with Crippen LogP contribution in [0.4, 0.5) is 0 Å². The summed E-state index contributed by atoms with van der Waals surface area (Å²) in [7, 11) is 0. The van der Waals surface area contributed by atoms with Gasteiger partial charge in [0.05, 0.1) is 17.6 Å². The van der Waals surface area contributed by atoms with Crippen molar-refractivity contribution in [2.24, 2.45) is 17.3 Å². The molecule has 0 bridgehead atoms. The van der Waals surface area contributed by atoms with Gasteiger partial charge in [0.2, 0.25) is 0 Å². The van der Waals surface area contributed by atoms with Crippen LogP contribution in [0.3, 0.4) is 0 Å². The van der Waals surface area contributed by atoms with E-state index in [2.05, 4.69) is 6.58 Å². The second-order valence-electron chi connectivity index (χ2n) is 8.13. The molecule has 1 saturated heterocycles. The summed E-state index contributed by atoms with van der Waals surface area (Å²) in [5, 5.41) is 11.5. The number of fused-ring (bicyclic) bond motifs is 3. The van der Waals surface area contributed by atoms with E-state index < -0.39 is 35.0 Å². The summed E-state index contributed by atoms with van der Waals surface area (Å²) in [6.07, 6.45) is 2.28. The first kappa shape index (κ1) is 18.8. The molecule has 0 unspecified atom stereocenters. The molecule has 6 heteroatoms. The van der Waals surface area contributed by atoms with E-state index in [9.17, 15) is 19.5 Å². The van der Waals surface area contributed by atoms with E-state index in [0.29, 0.717) is 18.4 Å². The van der Waals surface area contributed by atoms with Crippen molar-refractivity contribution < 1.29 is 29.0 Å². The standard InChI is InChI=1S/C20H26O6/c1-11(2)9-16(22)25-10-13-5-6-14-12(3)18(23)26-17(14)19(4)15(21)7-8-20(13,19)24/h9,13-14,17,24H,3,5-8,10H2,1-2,4H3/t13-,14+,17-,19+,20-/m1/s1. The molecule has 3 aliphatic rings. The van der Waals surface area contributed by atoms with Gasteiger partial charge in [-0.1, -0.05) is 12.2 Å². The lowest BCUT2D eigenvalue weighted by Gasteiger charge is -2.44. The Morgan fingerprint density at radius 1 is 1.38 bits per heavy atom. The highest BCUT2D eigenvalue weighted by atomic mass is 16.6. The molecular formula is C20H26O6. The average molecular weight is 362 g/mol. The van der Waals surface area contributed by atoms with Crippen LogP contribution in [0.25, 0.3) is 0 Å². The van der Waals surface area contributed by atoms with Gasteiger partial charge in [-0.2, -0.15) is 0 Å². The third kappa shape index (κ3) is 2.62. The van der Waals surface area contributed by atoms with Gasteiger partial charge in [0, 0.05) is 29.9 Å². The molecule has 0 aromatic rings. The van der Waals surface area contributed by atoms with Crippen LogP contribution in [0.2, 0.25) is 0 Å². The summed E-state index contributed by atoms with van der Waals surface area (Å²) in [5.41, 5.74) is -1.40. The fourth-order valence-electron chi connectivity index (χ4n) is 4.85. The summed E-state index contributed by atoms with van der Waals surface area (Å²) < 4.78 is 10.9. The molecule has 1 heterocycles. The molecule has 0 aromatic heterocycles. The molecule has 5 atom stereocenters. The van der Waals surface area contributed by atoms with Gasteiger partial charge in [0.15, 0.2) is 0 Å². The van der Waals surface area contributed by atoms with Gasteiger partial charge in [0.25, 0.3) is 0 Å². The van der Waals surface area contributed by atoms with Gasteiger partial charge in [-0.25, -0.2) is 9.59 Å². The van der Waals surface area contributed by atoms with Crippen molar-refractivity contribution in [3.05, 3.63) is 23.8 Å². The zero-order valence-electron chi connectivity index (χ0n) is 15.5. The fourth-order valence-corrected chi connectivity index (χ4v) is 4.85. The third-order valence-electron chi connectivity index (χ3n) is 6.42. The number of allylic oxidation sites excluding steroid dienone is 1. The van der Waals surface area contributed by atoms with E-state index in [0.717, 1.165) is 5.57 Å². The second kappa shape index (κ2) is 6.34. The van der Waals surface area contributed by atoms with E-state index in [1.807, 2.05) is 0 Å². The topological polar surface area (TPSA) is 89.9 Å². The first-order chi connectivity index (χ1) is 12.1. The molecule has 1 N–H and O–H groups in total. The highest BCUT2D eigenvalue weighted by Crippen LogP contribution is 2.58. The maximum Gasteiger partial charge on any atom is 0.334 e. The van der Waals surface area contributed by atoms with E-state index >= 15 is 0 Å². The number of ketones is 1. The van der Waals surface area contributed by atoms with Gasteiger partial charge in [-0.05, 0) is 40.0 Å². The molecule has 6 nitrogen and oxygen atoms in total. The van der Waals surface area contributed by atoms with Gasteiger partial charge in [0.1, 0.15) is 11.9 Å². The predicted molar refractivity (Wildman–Crippen MR) is 92.9 cm³/mol. The van der Waals surface area contributed by atoms with Crippen molar-refractivity contribution in [2.75, 3.05) is 6.61 Å². The summed E-state index contributed by atoms with van der Waals surface area (Å²) in [5.74, 6) is -1.75. The van der Waals surface area contributed by atoms with Crippen LogP contribution in [0.5, 0.6) is 0 Å². The zero-order chi connectivity index (χ0) is 19.3. The molecule has 142 valence electrons. The van der Waals surface area contributed by atoms with Crippen molar-refractivity contribution in [1.82, 2.24) is 0 Å². The Hall–Kier alpha value is -1.95. The number of carbonyl (C=O) groups excluding carboxylic acids is 3. The lowest BCUT2D eigenvalue weighted by Crippen LogP contribution is -2.57. The first-order valence-electron chi connectivity index (χ1n) is 9.08. The number of rotatable bonds is 3. The Morgan fingerprint density at radius 2 is 2.08 bits per heavy atom. The molecule has 1 aliphatic heterocycles. The number of hydrogen-bond acceptors (Lipinski definition) is 6. The molecular weight excluding hydrogens is 336 g/mol. The molecule has 26 heavy (non-hydrogen) atoms. The average Bonchev–Trinajstić information content (AvgIpc) is 2.94. The Balaban J connectivity index is 1.91. The molecule has 0 aromatic carbocycles. The van der Waals surface area contributed by atoms with Crippen molar-refractivity contribution in [3.63, 3.8) is 0 Å². The summed E-state index contributed by atoms with van der Waals surface area (Å²) in [4.78, 5) is 36.7. The predicted octanol–water partition coefficient (Wildman–Crippen LogP) is 2.10. The largest absolute Gasteiger partial charge is 0.462 e. The van der Waals surface area contributed by atoms with Gasteiger partial charge in [-0.15, -0.1) is 0 Å². The number of aliphatic hydroxyl groups is 1. The fraction of sp³-hybridized carbons (Fsp3) is 0.650. The van der Waals surface area contributed by atoms with E-state index in [1.54, 1.807) is 20.8 Å². The molecule has 3 rings (SSSR count). The van der Waals surface area contributed by atoms with E-state index in [1.165, 1.54) is 6.08 Å². The molecule has 3 fully saturated rings. The molecule has 0 radical (unpaired) electrons. The van der Waals surface area contributed by atoms with Gasteiger partial charge >= 0.3 is 11.9 Å². The normalized spacial score (nSPS) is 38.9. The molecule has 2 saturated carbocycles. The minimum Gasteiger partial charge on any atom is -0.462 e. The van der Waals surface area contributed by atoms with Crippen LogP contribution < -0.4 is 0 Å². The lowest BCUT2D eigenvalue weighted by atomic mass is 9.65. The molecule has 0 amide bonds. The van der Waals surface area contributed by atoms with Crippen LogP contribution in [0.15, 0.2) is 23.8 Å². The van der Waals surface area contributed by atoms with Crippen molar-refractivity contribution in [1.29, 1.82) is 0 Å². The smallest absolute Gasteiger partial charge is 0.334 e. The summed E-state index contributed by atoms with van der Waals surface area (Å²) >= 11 is 0. The highest BCUT2D eigenvalue weighted by molar-refractivity contribution is 5.94. The first-order valence-corrected chi connectivity index (χ1v) is 9.08. The Bertz CT molecular complexity index is 703. The maximum absolute atomic E-state index is 12.8. The minimum absolute atomic E-state index is 0.0296. The van der Waals surface area contributed by atoms with Gasteiger partial charge < -0.3 is 14.6 Å². The van der Waals surface area contributed by atoms with Crippen molar-refractivity contribution in [2.45, 2.75) is 58.2 Å². The number of carbonyl (C=O) groups is 3. The number of ether oxygens (including phenoxy) is 2. The third-order valence-corrected chi connectivity index (χ3v) is 6.42. The van der Waals surface area contributed by atoms with Crippen LogP contribution in [0, 0.1) is 17.3 Å².